The highest BCUT2D eigenvalue weighted by atomic mass is 32.2. The third kappa shape index (κ3) is 5.55. The smallest absolute Gasteiger partial charge is 0.307 e. The Hall–Kier alpha value is -1.16. The Morgan fingerprint density at radius 2 is 1.89 bits per heavy atom. The Bertz CT molecular complexity index is 487. The van der Waals surface area contributed by atoms with Crippen LogP contribution in [0.5, 0.6) is 0 Å². The lowest BCUT2D eigenvalue weighted by Crippen LogP contribution is -2.24. The first-order chi connectivity index (χ1) is 8.69. The molecule has 0 aromatic heterocycles. The van der Waals surface area contributed by atoms with E-state index in [0.717, 1.165) is 16.0 Å². The van der Waals surface area contributed by atoms with Crippen molar-refractivity contribution in [1.82, 2.24) is 0 Å². The van der Waals surface area contributed by atoms with Gasteiger partial charge >= 0.3 is 5.97 Å². The van der Waals surface area contributed by atoms with Crippen molar-refractivity contribution in [1.29, 1.82) is 0 Å². The standard InChI is InChI=1S/C15H22O3S/c1-11-6-7-12(2)13(10-11)19(17)9-8-14(16)18-15(3,4)5/h6-7,10H,8-9H2,1-5H3. The highest BCUT2D eigenvalue weighted by Gasteiger charge is 2.17. The number of carbonyl (C=O) groups is 1. The molecule has 0 fully saturated rings. The van der Waals surface area contributed by atoms with Crippen molar-refractivity contribution in [2.45, 2.75) is 51.5 Å². The summed E-state index contributed by atoms with van der Waals surface area (Å²) >= 11 is 0. The largest absolute Gasteiger partial charge is 0.460 e. The van der Waals surface area contributed by atoms with Crippen molar-refractivity contribution in [2.75, 3.05) is 5.75 Å². The van der Waals surface area contributed by atoms with Gasteiger partial charge in [-0.3, -0.25) is 9.00 Å². The van der Waals surface area contributed by atoms with Gasteiger partial charge in [0.15, 0.2) is 0 Å². The van der Waals surface area contributed by atoms with E-state index in [2.05, 4.69) is 0 Å². The normalized spacial score (nSPS) is 13.1. The van der Waals surface area contributed by atoms with Crippen molar-refractivity contribution in [3.63, 3.8) is 0 Å². The third-order valence-corrected chi connectivity index (χ3v) is 4.01. The zero-order valence-corrected chi connectivity index (χ0v) is 13.1. The average molecular weight is 282 g/mol. The molecule has 0 aliphatic rings. The van der Waals surface area contributed by atoms with Gasteiger partial charge in [0, 0.05) is 10.6 Å². The second-order valence-corrected chi connectivity index (χ2v) is 7.19. The van der Waals surface area contributed by atoms with Gasteiger partial charge < -0.3 is 4.74 Å². The van der Waals surface area contributed by atoms with E-state index in [1.165, 1.54) is 0 Å². The minimum absolute atomic E-state index is 0.178. The van der Waals surface area contributed by atoms with Gasteiger partial charge in [-0.25, -0.2) is 0 Å². The van der Waals surface area contributed by atoms with Crippen LogP contribution < -0.4 is 0 Å². The average Bonchev–Trinajstić information content (AvgIpc) is 2.27. The Morgan fingerprint density at radius 3 is 2.47 bits per heavy atom. The van der Waals surface area contributed by atoms with Crippen LogP contribution in [-0.4, -0.2) is 21.5 Å². The van der Waals surface area contributed by atoms with Gasteiger partial charge in [0.1, 0.15) is 5.60 Å². The van der Waals surface area contributed by atoms with Crippen LogP contribution in [0.1, 0.15) is 38.3 Å². The molecule has 1 aromatic rings. The van der Waals surface area contributed by atoms with E-state index in [1.54, 1.807) is 0 Å². The molecule has 1 rings (SSSR count). The first-order valence-corrected chi connectivity index (χ1v) is 7.68. The van der Waals surface area contributed by atoms with Crippen LogP contribution in [0.25, 0.3) is 0 Å². The number of hydrogen-bond donors (Lipinski definition) is 0. The van der Waals surface area contributed by atoms with E-state index in [9.17, 15) is 9.00 Å². The molecule has 1 aromatic carbocycles. The fourth-order valence-corrected chi connectivity index (χ4v) is 2.95. The van der Waals surface area contributed by atoms with Crippen LogP contribution in [0.3, 0.4) is 0 Å². The zero-order chi connectivity index (χ0) is 14.6. The molecule has 0 bridgehead atoms. The van der Waals surface area contributed by atoms with Gasteiger partial charge in [-0.1, -0.05) is 12.1 Å². The predicted octanol–water partition coefficient (Wildman–Crippen LogP) is 3.14. The van der Waals surface area contributed by atoms with Crippen molar-refractivity contribution in [3.05, 3.63) is 29.3 Å². The van der Waals surface area contributed by atoms with E-state index in [-0.39, 0.29) is 12.4 Å². The molecule has 19 heavy (non-hydrogen) atoms. The summed E-state index contributed by atoms with van der Waals surface area (Å²) in [5.41, 5.74) is 1.58. The number of aryl methyl sites for hydroxylation is 2. The van der Waals surface area contributed by atoms with E-state index in [4.69, 9.17) is 4.74 Å². The second-order valence-electron chi connectivity index (χ2n) is 5.66. The van der Waals surface area contributed by atoms with Gasteiger partial charge in [0.2, 0.25) is 0 Å². The van der Waals surface area contributed by atoms with E-state index in [0.29, 0.717) is 5.75 Å². The SMILES string of the molecule is Cc1ccc(C)c(S(=O)CCC(=O)OC(C)(C)C)c1. The van der Waals surface area contributed by atoms with Crippen LogP contribution in [0.2, 0.25) is 0 Å². The number of carbonyl (C=O) groups excluding carboxylic acids is 1. The summed E-state index contributed by atoms with van der Waals surface area (Å²) in [6, 6.07) is 5.86. The zero-order valence-electron chi connectivity index (χ0n) is 12.3. The topological polar surface area (TPSA) is 43.4 Å². The molecule has 0 N–H and O–H groups in total. The molecule has 0 amide bonds. The van der Waals surface area contributed by atoms with Crippen LogP contribution in [0.4, 0.5) is 0 Å². The van der Waals surface area contributed by atoms with E-state index in [1.807, 2.05) is 52.8 Å². The van der Waals surface area contributed by atoms with Crippen LogP contribution in [0.15, 0.2) is 23.1 Å². The van der Waals surface area contributed by atoms with Crippen LogP contribution in [0, 0.1) is 13.8 Å². The molecular formula is C15H22O3S. The monoisotopic (exact) mass is 282 g/mol. The Balaban J connectivity index is 2.61. The van der Waals surface area contributed by atoms with Gasteiger partial charge in [-0.15, -0.1) is 0 Å². The van der Waals surface area contributed by atoms with Gasteiger partial charge in [-0.05, 0) is 51.8 Å². The summed E-state index contributed by atoms with van der Waals surface area (Å²) in [6.45, 7) is 9.37. The fourth-order valence-electron chi connectivity index (χ4n) is 1.63. The fraction of sp³-hybridized carbons (Fsp3) is 0.533. The molecular weight excluding hydrogens is 260 g/mol. The van der Waals surface area contributed by atoms with Crippen molar-refractivity contribution >= 4 is 16.8 Å². The summed E-state index contributed by atoms with van der Waals surface area (Å²) in [5, 5.41) is 0. The van der Waals surface area contributed by atoms with Crippen molar-refractivity contribution < 1.29 is 13.7 Å². The number of hydrogen-bond acceptors (Lipinski definition) is 3. The number of ether oxygens (including phenoxy) is 1. The maximum atomic E-state index is 12.2. The highest BCUT2D eigenvalue weighted by molar-refractivity contribution is 7.85. The molecule has 0 spiro atoms. The predicted molar refractivity (Wildman–Crippen MR) is 77.7 cm³/mol. The molecule has 3 nitrogen and oxygen atoms in total. The van der Waals surface area contributed by atoms with Crippen LogP contribution >= 0.6 is 0 Å². The maximum absolute atomic E-state index is 12.2. The minimum Gasteiger partial charge on any atom is -0.460 e. The first-order valence-electron chi connectivity index (χ1n) is 6.36. The Morgan fingerprint density at radius 1 is 1.26 bits per heavy atom. The Labute approximate surface area is 117 Å². The van der Waals surface area contributed by atoms with Crippen molar-refractivity contribution in [2.24, 2.45) is 0 Å². The summed E-state index contributed by atoms with van der Waals surface area (Å²) in [5.74, 6) is 0.00491. The van der Waals surface area contributed by atoms with Gasteiger partial charge in [0.05, 0.1) is 17.2 Å². The lowest BCUT2D eigenvalue weighted by molar-refractivity contribution is -0.154. The molecule has 0 radical (unpaired) electrons. The lowest BCUT2D eigenvalue weighted by atomic mass is 10.2. The third-order valence-electron chi connectivity index (χ3n) is 2.50. The quantitative estimate of drug-likeness (QED) is 0.797. The minimum atomic E-state index is -1.16. The van der Waals surface area contributed by atoms with Crippen LogP contribution in [-0.2, 0) is 20.3 Å². The number of rotatable bonds is 4. The number of benzene rings is 1. The van der Waals surface area contributed by atoms with E-state index >= 15 is 0 Å². The second kappa shape index (κ2) is 6.33. The van der Waals surface area contributed by atoms with Gasteiger partial charge in [0.25, 0.3) is 0 Å². The molecule has 1 atom stereocenters. The Kier molecular flexibility index (Phi) is 5.29. The maximum Gasteiger partial charge on any atom is 0.307 e. The number of esters is 1. The molecule has 106 valence electrons. The first kappa shape index (κ1) is 15.9. The lowest BCUT2D eigenvalue weighted by Gasteiger charge is -2.19. The van der Waals surface area contributed by atoms with Gasteiger partial charge in [-0.2, -0.15) is 0 Å². The molecule has 4 heteroatoms. The summed E-state index contributed by atoms with van der Waals surface area (Å²) in [6.07, 6.45) is 0.178. The molecule has 0 heterocycles. The highest BCUT2D eigenvalue weighted by Crippen LogP contribution is 2.16. The molecule has 0 aliphatic carbocycles. The summed E-state index contributed by atoms with van der Waals surface area (Å²) in [4.78, 5) is 12.4. The summed E-state index contributed by atoms with van der Waals surface area (Å²) in [7, 11) is -1.16. The molecule has 0 saturated carbocycles. The van der Waals surface area contributed by atoms with E-state index < -0.39 is 16.4 Å². The molecule has 0 aliphatic heterocycles. The molecule has 1 unspecified atom stereocenters. The van der Waals surface area contributed by atoms with Crippen molar-refractivity contribution in [3.8, 4) is 0 Å². The molecule has 0 saturated heterocycles. The summed E-state index contributed by atoms with van der Waals surface area (Å²) < 4.78 is 17.4.